The topological polar surface area (TPSA) is 75.4 Å². The van der Waals surface area contributed by atoms with Crippen LogP contribution in [0.2, 0.25) is 0 Å². The molecule has 0 saturated heterocycles. The van der Waals surface area contributed by atoms with Crippen LogP contribution in [-0.2, 0) is 17.8 Å². The molecule has 1 atom stereocenters. The molecule has 26 heavy (non-hydrogen) atoms. The van der Waals surface area contributed by atoms with Gasteiger partial charge in [0, 0.05) is 18.5 Å². The molecule has 0 aliphatic rings. The summed E-state index contributed by atoms with van der Waals surface area (Å²) in [5.41, 5.74) is 8.09. The minimum Gasteiger partial charge on any atom is -0.368 e. The van der Waals surface area contributed by atoms with Gasteiger partial charge in [-0.1, -0.05) is 56.3 Å². The van der Waals surface area contributed by atoms with E-state index < -0.39 is 11.9 Å². The summed E-state index contributed by atoms with van der Waals surface area (Å²) in [5.74, 6) is -0.834. The second kappa shape index (κ2) is 9.73. The Morgan fingerprint density at radius 2 is 1.58 bits per heavy atom. The molecule has 2 amide bonds. The molecule has 0 aliphatic heterocycles. The van der Waals surface area contributed by atoms with Crippen molar-refractivity contribution in [2.45, 2.75) is 32.9 Å². The van der Waals surface area contributed by atoms with E-state index in [1.807, 2.05) is 42.5 Å². The third kappa shape index (κ3) is 5.70. The Hall–Kier alpha value is -2.66. The second-order valence-electron chi connectivity index (χ2n) is 6.28. The van der Waals surface area contributed by atoms with Crippen molar-refractivity contribution in [3.63, 3.8) is 0 Å². The lowest BCUT2D eigenvalue weighted by molar-refractivity contribution is -0.119. The summed E-state index contributed by atoms with van der Waals surface area (Å²) in [5, 5.41) is 2.74. The van der Waals surface area contributed by atoms with Gasteiger partial charge in [-0.15, -0.1) is 0 Å². The molecular weight excluding hydrogens is 326 g/mol. The number of nitrogens with zero attached hydrogens (tertiary/aromatic N) is 1. The van der Waals surface area contributed by atoms with Gasteiger partial charge in [-0.05, 0) is 36.3 Å². The molecule has 0 bridgehead atoms. The number of nitrogens with two attached hydrogens (primary N) is 1. The Kier molecular flexibility index (Phi) is 7.36. The van der Waals surface area contributed by atoms with Gasteiger partial charge in [0.15, 0.2) is 0 Å². The van der Waals surface area contributed by atoms with Crippen LogP contribution >= 0.6 is 0 Å². The molecule has 0 saturated carbocycles. The number of carbonyl (C=O) groups is 2. The van der Waals surface area contributed by atoms with Gasteiger partial charge in [0.05, 0.1) is 0 Å². The highest BCUT2D eigenvalue weighted by Gasteiger charge is 2.19. The highest BCUT2D eigenvalue weighted by atomic mass is 16.2. The van der Waals surface area contributed by atoms with Gasteiger partial charge >= 0.3 is 0 Å². The number of primary amides is 1. The molecule has 2 aromatic carbocycles. The molecule has 2 aromatic rings. The van der Waals surface area contributed by atoms with Crippen molar-refractivity contribution < 1.29 is 9.59 Å². The quantitative estimate of drug-likeness (QED) is 0.727. The van der Waals surface area contributed by atoms with E-state index in [4.69, 9.17) is 5.73 Å². The molecule has 138 valence electrons. The van der Waals surface area contributed by atoms with E-state index in [1.165, 1.54) is 0 Å². The molecule has 0 aromatic heterocycles. The maximum atomic E-state index is 12.5. The fourth-order valence-electron chi connectivity index (χ4n) is 2.78. The van der Waals surface area contributed by atoms with Crippen LogP contribution in [0.5, 0.6) is 0 Å². The van der Waals surface area contributed by atoms with Crippen LogP contribution in [0.25, 0.3) is 0 Å². The van der Waals surface area contributed by atoms with Crippen molar-refractivity contribution >= 4 is 11.8 Å². The number of amides is 2. The monoisotopic (exact) mass is 353 g/mol. The van der Waals surface area contributed by atoms with E-state index in [-0.39, 0.29) is 5.91 Å². The first-order valence-corrected chi connectivity index (χ1v) is 8.98. The molecule has 3 N–H and O–H groups in total. The Morgan fingerprint density at radius 1 is 0.962 bits per heavy atom. The lowest BCUT2D eigenvalue weighted by atomic mass is 10.0. The van der Waals surface area contributed by atoms with Crippen molar-refractivity contribution in [2.24, 2.45) is 5.73 Å². The van der Waals surface area contributed by atoms with Crippen molar-refractivity contribution in [2.75, 3.05) is 13.1 Å². The van der Waals surface area contributed by atoms with Crippen molar-refractivity contribution in [1.82, 2.24) is 10.2 Å². The van der Waals surface area contributed by atoms with E-state index >= 15 is 0 Å². The predicted molar refractivity (Wildman–Crippen MR) is 104 cm³/mol. The Morgan fingerprint density at radius 3 is 2.12 bits per heavy atom. The number of rotatable bonds is 9. The summed E-state index contributed by atoms with van der Waals surface area (Å²) < 4.78 is 0. The maximum absolute atomic E-state index is 12.5. The van der Waals surface area contributed by atoms with Gasteiger partial charge < -0.3 is 11.1 Å². The lowest BCUT2D eigenvalue weighted by Crippen LogP contribution is -2.45. The van der Waals surface area contributed by atoms with Crippen LogP contribution in [0, 0.1) is 0 Å². The Balaban J connectivity index is 2.01. The fourth-order valence-corrected chi connectivity index (χ4v) is 2.78. The van der Waals surface area contributed by atoms with Gasteiger partial charge in [0.1, 0.15) is 6.04 Å². The summed E-state index contributed by atoms with van der Waals surface area (Å²) in [6.45, 7) is 7.08. The maximum Gasteiger partial charge on any atom is 0.251 e. The summed E-state index contributed by atoms with van der Waals surface area (Å²) in [4.78, 5) is 26.5. The highest BCUT2D eigenvalue weighted by molar-refractivity contribution is 5.97. The zero-order valence-corrected chi connectivity index (χ0v) is 15.4. The summed E-state index contributed by atoms with van der Waals surface area (Å²) >= 11 is 0. The molecule has 2 rings (SSSR count). The number of hydrogen-bond donors (Lipinski definition) is 2. The number of benzene rings is 2. The zero-order chi connectivity index (χ0) is 18.9. The fraction of sp³-hybridized carbons (Fsp3) is 0.333. The van der Waals surface area contributed by atoms with Gasteiger partial charge in [-0.25, -0.2) is 0 Å². The number of carbonyl (C=O) groups excluding carboxylic acids is 2. The van der Waals surface area contributed by atoms with Gasteiger partial charge in [0.25, 0.3) is 5.91 Å². The molecule has 0 radical (unpaired) electrons. The largest absolute Gasteiger partial charge is 0.368 e. The van der Waals surface area contributed by atoms with Gasteiger partial charge in [-0.2, -0.15) is 0 Å². The summed E-state index contributed by atoms with van der Waals surface area (Å²) in [7, 11) is 0. The smallest absolute Gasteiger partial charge is 0.251 e. The van der Waals surface area contributed by atoms with Crippen LogP contribution < -0.4 is 11.1 Å². The third-order valence-corrected chi connectivity index (χ3v) is 4.45. The first-order chi connectivity index (χ1) is 12.5. The van der Waals surface area contributed by atoms with Crippen LogP contribution in [0.15, 0.2) is 54.6 Å². The van der Waals surface area contributed by atoms with E-state index in [1.54, 1.807) is 12.1 Å². The molecular formula is C21H27N3O2. The Bertz CT molecular complexity index is 710. The van der Waals surface area contributed by atoms with E-state index in [2.05, 4.69) is 24.1 Å². The van der Waals surface area contributed by atoms with Gasteiger partial charge in [-0.3, -0.25) is 14.5 Å². The van der Waals surface area contributed by atoms with Crippen LogP contribution in [0.4, 0.5) is 0 Å². The first-order valence-electron chi connectivity index (χ1n) is 8.98. The van der Waals surface area contributed by atoms with E-state index in [0.29, 0.717) is 12.0 Å². The standard InChI is InChI=1S/C21H27N3O2/c1-3-24(4-2)15-17-10-12-18(13-11-17)21(26)23-19(20(22)25)14-16-8-6-5-7-9-16/h5-13,19H,3-4,14-15H2,1-2H3,(H2,22,25)(H,23,26). The first kappa shape index (κ1) is 19.7. The van der Waals surface area contributed by atoms with Gasteiger partial charge in [0.2, 0.25) is 5.91 Å². The average Bonchev–Trinajstić information content (AvgIpc) is 2.66. The molecule has 0 heterocycles. The molecule has 0 aliphatic carbocycles. The van der Waals surface area contributed by atoms with Crippen molar-refractivity contribution in [3.8, 4) is 0 Å². The molecule has 5 nitrogen and oxygen atoms in total. The van der Waals surface area contributed by atoms with E-state index in [0.717, 1.165) is 30.8 Å². The van der Waals surface area contributed by atoms with E-state index in [9.17, 15) is 9.59 Å². The van der Waals surface area contributed by atoms with Crippen molar-refractivity contribution in [3.05, 3.63) is 71.3 Å². The highest BCUT2D eigenvalue weighted by Crippen LogP contribution is 2.09. The van der Waals surface area contributed by atoms with Crippen LogP contribution in [0.1, 0.15) is 35.3 Å². The second-order valence-corrected chi connectivity index (χ2v) is 6.28. The molecule has 0 fully saturated rings. The summed E-state index contributed by atoms with van der Waals surface area (Å²) in [6.07, 6.45) is 0.377. The Labute approximate surface area is 155 Å². The minimum absolute atomic E-state index is 0.292. The SMILES string of the molecule is CCN(CC)Cc1ccc(C(=O)NC(Cc2ccccc2)C(N)=O)cc1. The number of hydrogen-bond acceptors (Lipinski definition) is 3. The average molecular weight is 353 g/mol. The molecule has 5 heteroatoms. The molecule has 0 spiro atoms. The third-order valence-electron chi connectivity index (χ3n) is 4.45. The normalized spacial score (nSPS) is 12.0. The predicted octanol–water partition coefficient (Wildman–Crippen LogP) is 2.35. The van der Waals surface area contributed by atoms with Crippen LogP contribution in [-0.4, -0.2) is 35.8 Å². The zero-order valence-electron chi connectivity index (χ0n) is 15.4. The number of nitrogens with one attached hydrogen (secondary N) is 1. The lowest BCUT2D eigenvalue weighted by Gasteiger charge is -2.18. The van der Waals surface area contributed by atoms with Crippen LogP contribution in [0.3, 0.4) is 0 Å². The van der Waals surface area contributed by atoms with Crippen molar-refractivity contribution in [1.29, 1.82) is 0 Å². The molecule has 1 unspecified atom stereocenters. The minimum atomic E-state index is -0.736. The summed E-state index contributed by atoms with van der Waals surface area (Å²) in [6, 6.07) is 16.2.